The summed E-state index contributed by atoms with van der Waals surface area (Å²) in [4.78, 5) is 21.6. The van der Waals surface area contributed by atoms with E-state index in [1.165, 1.54) is 0 Å². The van der Waals surface area contributed by atoms with Crippen LogP contribution in [-0.4, -0.2) is 36.0 Å². The minimum atomic E-state index is -0.244. The summed E-state index contributed by atoms with van der Waals surface area (Å²) in [6, 6.07) is 0. The van der Waals surface area contributed by atoms with Crippen molar-refractivity contribution in [3.05, 3.63) is 10.7 Å². The number of halogens is 1. The van der Waals surface area contributed by atoms with Crippen molar-refractivity contribution in [2.45, 2.75) is 6.42 Å². The first-order chi connectivity index (χ1) is 8.11. The fraction of sp³-hybridized carbons (Fsp3) is 0.500. The standard InChI is InChI=1S/C10H14BrN5O/c1-13-10-14-4-7(11)9(15-10)16-3-2-6(5-16)8(12)17/h4,6H,2-3,5H2,1H3,(H2,12,17)(H,13,14,15). The number of amides is 1. The van der Waals surface area contributed by atoms with Crippen molar-refractivity contribution in [3.63, 3.8) is 0 Å². The first-order valence-corrected chi connectivity index (χ1v) is 6.15. The molecule has 0 radical (unpaired) electrons. The van der Waals surface area contributed by atoms with E-state index in [4.69, 9.17) is 5.73 Å². The largest absolute Gasteiger partial charge is 0.369 e. The molecular formula is C10H14BrN5O. The lowest BCUT2D eigenvalue weighted by Gasteiger charge is -2.18. The van der Waals surface area contributed by atoms with Gasteiger partial charge in [-0.3, -0.25) is 4.79 Å². The maximum atomic E-state index is 11.1. The van der Waals surface area contributed by atoms with E-state index in [0.29, 0.717) is 12.5 Å². The van der Waals surface area contributed by atoms with Gasteiger partial charge >= 0.3 is 0 Å². The van der Waals surface area contributed by atoms with Gasteiger partial charge in [0.05, 0.1) is 10.4 Å². The number of aromatic nitrogens is 2. The molecule has 6 nitrogen and oxygen atoms in total. The van der Waals surface area contributed by atoms with Gasteiger partial charge in [0.15, 0.2) is 0 Å². The molecule has 1 aromatic heterocycles. The molecule has 1 aliphatic heterocycles. The number of carbonyl (C=O) groups excluding carboxylic acids is 1. The number of rotatable bonds is 3. The summed E-state index contributed by atoms with van der Waals surface area (Å²) in [6.45, 7) is 1.40. The molecule has 0 bridgehead atoms. The van der Waals surface area contributed by atoms with Gasteiger partial charge in [-0.25, -0.2) is 4.98 Å². The van der Waals surface area contributed by atoms with E-state index in [9.17, 15) is 4.79 Å². The van der Waals surface area contributed by atoms with Gasteiger partial charge in [-0.1, -0.05) is 0 Å². The van der Waals surface area contributed by atoms with Gasteiger partial charge in [0.1, 0.15) is 5.82 Å². The van der Waals surface area contributed by atoms with E-state index in [2.05, 4.69) is 31.2 Å². The molecule has 1 aromatic rings. The van der Waals surface area contributed by atoms with Crippen LogP contribution in [0.2, 0.25) is 0 Å². The van der Waals surface area contributed by atoms with Crippen molar-refractivity contribution in [2.75, 3.05) is 30.4 Å². The van der Waals surface area contributed by atoms with Gasteiger partial charge in [0.2, 0.25) is 11.9 Å². The van der Waals surface area contributed by atoms with Crippen LogP contribution in [0.1, 0.15) is 6.42 Å². The Bertz CT molecular complexity index is 439. The summed E-state index contributed by atoms with van der Waals surface area (Å²) in [6.07, 6.45) is 2.48. The molecule has 17 heavy (non-hydrogen) atoms. The Kier molecular flexibility index (Phi) is 3.46. The van der Waals surface area contributed by atoms with E-state index >= 15 is 0 Å². The Morgan fingerprint density at radius 3 is 3.06 bits per heavy atom. The molecule has 0 spiro atoms. The highest BCUT2D eigenvalue weighted by atomic mass is 79.9. The van der Waals surface area contributed by atoms with Crippen LogP contribution in [0.5, 0.6) is 0 Å². The molecule has 0 aliphatic carbocycles. The van der Waals surface area contributed by atoms with Crippen LogP contribution in [0.3, 0.4) is 0 Å². The number of hydrogen-bond donors (Lipinski definition) is 2. The van der Waals surface area contributed by atoms with Crippen molar-refractivity contribution in [2.24, 2.45) is 11.7 Å². The second-order valence-electron chi connectivity index (χ2n) is 3.95. The average molecular weight is 300 g/mol. The van der Waals surface area contributed by atoms with E-state index < -0.39 is 0 Å². The summed E-state index contributed by atoms with van der Waals surface area (Å²) >= 11 is 3.42. The quantitative estimate of drug-likeness (QED) is 0.853. The highest BCUT2D eigenvalue weighted by Gasteiger charge is 2.28. The van der Waals surface area contributed by atoms with Crippen LogP contribution >= 0.6 is 15.9 Å². The molecule has 1 fully saturated rings. The first kappa shape index (κ1) is 12.1. The lowest BCUT2D eigenvalue weighted by atomic mass is 10.1. The molecule has 1 aliphatic rings. The number of carbonyl (C=O) groups is 1. The Hall–Kier alpha value is -1.37. The summed E-state index contributed by atoms with van der Waals surface area (Å²) in [5, 5.41) is 2.89. The second-order valence-corrected chi connectivity index (χ2v) is 4.80. The van der Waals surface area contributed by atoms with Gasteiger partial charge in [-0.05, 0) is 22.4 Å². The van der Waals surface area contributed by atoms with Crippen LogP contribution in [0, 0.1) is 5.92 Å². The predicted molar refractivity (Wildman–Crippen MR) is 68.8 cm³/mol. The van der Waals surface area contributed by atoms with Crippen molar-refractivity contribution in [3.8, 4) is 0 Å². The van der Waals surface area contributed by atoms with Crippen molar-refractivity contribution in [1.29, 1.82) is 0 Å². The zero-order valence-corrected chi connectivity index (χ0v) is 11.1. The van der Waals surface area contributed by atoms with E-state index in [1.807, 2.05) is 4.90 Å². The highest BCUT2D eigenvalue weighted by molar-refractivity contribution is 9.10. The van der Waals surface area contributed by atoms with Gasteiger partial charge in [0.25, 0.3) is 0 Å². The summed E-state index contributed by atoms with van der Waals surface area (Å²) in [7, 11) is 1.77. The lowest BCUT2D eigenvalue weighted by molar-refractivity contribution is -0.121. The molecule has 2 rings (SSSR count). The normalized spacial score (nSPS) is 19.4. The fourth-order valence-corrected chi connectivity index (χ4v) is 2.33. The highest BCUT2D eigenvalue weighted by Crippen LogP contribution is 2.28. The number of anilines is 2. The number of nitrogens with one attached hydrogen (secondary N) is 1. The molecule has 1 unspecified atom stereocenters. The topological polar surface area (TPSA) is 84.1 Å². The number of hydrogen-bond acceptors (Lipinski definition) is 5. The Balaban J connectivity index is 2.20. The molecular weight excluding hydrogens is 286 g/mol. The molecule has 1 atom stereocenters. The number of primary amides is 1. The van der Waals surface area contributed by atoms with Gasteiger partial charge in [0, 0.05) is 26.3 Å². The van der Waals surface area contributed by atoms with Crippen LogP contribution in [0.4, 0.5) is 11.8 Å². The van der Waals surface area contributed by atoms with Gasteiger partial charge in [-0.2, -0.15) is 4.98 Å². The molecule has 0 saturated carbocycles. The van der Waals surface area contributed by atoms with Crippen molar-refractivity contribution in [1.82, 2.24) is 9.97 Å². The molecule has 92 valence electrons. The van der Waals surface area contributed by atoms with Crippen LogP contribution < -0.4 is 16.0 Å². The maximum absolute atomic E-state index is 11.1. The molecule has 1 amide bonds. The Labute approximate surface area is 108 Å². The third-order valence-electron chi connectivity index (χ3n) is 2.84. The molecule has 3 N–H and O–H groups in total. The molecule has 7 heteroatoms. The summed E-state index contributed by atoms with van der Waals surface area (Å²) < 4.78 is 0.821. The fourth-order valence-electron chi connectivity index (χ4n) is 1.89. The van der Waals surface area contributed by atoms with E-state index in [1.54, 1.807) is 13.2 Å². The minimum Gasteiger partial charge on any atom is -0.369 e. The minimum absolute atomic E-state index is 0.0881. The molecule has 2 heterocycles. The first-order valence-electron chi connectivity index (χ1n) is 5.36. The van der Waals surface area contributed by atoms with Crippen LogP contribution in [-0.2, 0) is 4.79 Å². The van der Waals surface area contributed by atoms with Gasteiger partial charge < -0.3 is 16.0 Å². The van der Waals surface area contributed by atoms with E-state index in [0.717, 1.165) is 23.3 Å². The Morgan fingerprint density at radius 2 is 2.47 bits per heavy atom. The zero-order chi connectivity index (χ0) is 12.4. The van der Waals surface area contributed by atoms with Crippen LogP contribution in [0.15, 0.2) is 10.7 Å². The van der Waals surface area contributed by atoms with Crippen molar-refractivity contribution < 1.29 is 4.79 Å². The predicted octanol–water partition coefficient (Wildman–Crippen LogP) is 0.592. The third kappa shape index (κ3) is 2.49. The monoisotopic (exact) mass is 299 g/mol. The smallest absolute Gasteiger partial charge is 0.224 e. The molecule has 1 saturated heterocycles. The SMILES string of the molecule is CNc1ncc(Br)c(N2CCC(C(N)=O)C2)n1. The van der Waals surface area contributed by atoms with Crippen LogP contribution in [0.25, 0.3) is 0 Å². The summed E-state index contributed by atoms with van der Waals surface area (Å²) in [5.41, 5.74) is 5.31. The third-order valence-corrected chi connectivity index (χ3v) is 3.40. The second kappa shape index (κ2) is 4.87. The zero-order valence-electron chi connectivity index (χ0n) is 9.48. The number of nitrogens with zero attached hydrogens (tertiary/aromatic N) is 3. The van der Waals surface area contributed by atoms with Crippen molar-refractivity contribution >= 4 is 33.6 Å². The molecule has 0 aromatic carbocycles. The van der Waals surface area contributed by atoms with E-state index in [-0.39, 0.29) is 11.8 Å². The summed E-state index contributed by atoms with van der Waals surface area (Å²) in [5.74, 6) is 1.03. The number of nitrogens with two attached hydrogens (primary N) is 1. The average Bonchev–Trinajstić information content (AvgIpc) is 2.79. The Morgan fingerprint density at radius 1 is 1.71 bits per heavy atom. The maximum Gasteiger partial charge on any atom is 0.224 e. The lowest BCUT2D eigenvalue weighted by Crippen LogP contribution is -2.28. The van der Waals surface area contributed by atoms with Gasteiger partial charge in [-0.15, -0.1) is 0 Å².